The molecule has 0 bridgehead atoms. The highest BCUT2D eigenvalue weighted by molar-refractivity contribution is 8.14. The molecule has 0 saturated carbocycles. The first kappa shape index (κ1) is 13.9. The van der Waals surface area contributed by atoms with Crippen LogP contribution >= 0.6 is 23.1 Å². The molecular formula is C13H21N3S2. The average Bonchev–Trinajstić information content (AvgIpc) is 2.85. The van der Waals surface area contributed by atoms with Crippen molar-refractivity contribution in [3.05, 3.63) is 15.6 Å². The van der Waals surface area contributed by atoms with Crippen LogP contribution in [-0.4, -0.2) is 21.9 Å². The van der Waals surface area contributed by atoms with Crippen LogP contribution < -0.4 is 5.32 Å². The monoisotopic (exact) mass is 283 g/mol. The molecule has 0 saturated heterocycles. The van der Waals surface area contributed by atoms with Gasteiger partial charge in [-0.3, -0.25) is 4.99 Å². The Labute approximate surface area is 118 Å². The summed E-state index contributed by atoms with van der Waals surface area (Å²) in [6.45, 7) is 11.8. The second-order valence-corrected chi connectivity index (χ2v) is 7.56. The Hall–Kier alpha value is -0.550. The van der Waals surface area contributed by atoms with Crippen LogP contribution in [-0.2, 0) is 0 Å². The van der Waals surface area contributed by atoms with Crippen LogP contribution in [0.5, 0.6) is 0 Å². The average molecular weight is 283 g/mol. The van der Waals surface area contributed by atoms with Crippen molar-refractivity contribution in [2.75, 3.05) is 6.54 Å². The summed E-state index contributed by atoms with van der Waals surface area (Å²) in [4.78, 5) is 10.4. The van der Waals surface area contributed by atoms with Gasteiger partial charge in [0, 0.05) is 10.1 Å². The maximum absolute atomic E-state index is 4.59. The fraction of sp³-hybridized carbons (Fsp3) is 0.692. The van der Waals surface area contributed by atoms with E-state index < -0.39 is 0 Å². The maximum atomic E-state index is 4.59. The lowest BCUT2D eigenvalue weighted by Gasteiger charge is -2.15. The Balaban J connectivity index is 1.97. The number of nitrogens with zero attached hydrogens (tertiary/aromatic N) is 2. The largest absolute Gasteiger partial charge is 0.358 e. The first-order valence-corrected chi connectivity index (χ1v) is 8.08. The van der Waals surface area contributed by atoms with E-state index in [1.807, 2.05) is 11.8 Å². The van der Waals surface area contributed by atoms with E-state index in [9.17, 15) is 0 Å². The van der Waals surface area contributed by atoms with E-state index in [0.717, 1.165) is 22.4 Å². The van der Waals surface area contributed by atoms with Gasteiger partial charge in [-0.25, -0.2) is 4.98 Å². The Kier molecular flexibility index (Phi) is 4.33. The SMILES string of the molecule is Cc1nc(C)c(C(C)NC2=NCC(C(C)C)S2)s1. The number of nitrogens with one attached hydrogen (secondary N) is 1. The molecular weight excluding hydrogens is 262 g/mol. The van der Waals surface area contributed by atoms with Crippen molar-refractivity contribution in [1.82, 2.24) is 10.3 Å². The highest BCUT2D eigenvalue weighted by Crippen LogP contribution is 2.29. The number of amidine groups is 1. The van der Waals surface area contributed by atoms with E-state index in [0.29, 0.717) is 17.2 Å². The fourth-order valence-electron chi connectivity index (χ4n) is 2.02. The fourth-order valence-corrected chi connectivity index (χ4v) is 4.05. The summed E-state index contributed by atoms with van der Waals surface area (Å²) < 4.78 is 0. The minimum Gasteiger partial charge on any atom is -0.358 e. The molecule has 100 valence electrons. The van der Waals surface area contributed by atoms with Gasteiger partial charge in [0.1, 0.15) is 0 Å². The summed E-state index contributed by atoms with van der Waals surface area (Å²) in [5.74, 6) is 0.681. The Morgan fingerprint density at radius 3 is 2.50 bits per heavy atom. The molecule has 2 atom stereocenters. The molecule has 2 rings (SSSR count). The molecule has 0 radical (unpaired) electrons. The predicted molar refractivity (Wildman–Crippen MR) is 81.7 cm³/mol. The lowest BCUT2D eigenvalue weighted by Crippen LogP contribution is -2.23. The van der Waals surface area contributed by atoms with E-state index in [1.165, 1.54) is 4.88 Å². The van der Waals surface area contributed by atoms with Gasteiger partial charge in [0.25, 0.3) is 0 Å². The van der Waals surface area contributed by atoms with Gasteiger partial charge in [-0.1, -0.05) is 25.6 Å². The lowest BCUT2D eigenvalue weighted by atomic mass is 10.1. The second kappa shape index (κ2) is 5.61. The van der Waals surface area contributed by atoms with Crippen molar-refractivity contribution in [3.63, 3.8) is 0 Å². The number of aliphatic imine (C=N–C) groups is 1. The molecule has 0 fully saturated rings. The van der Waals surface area contributed by atoms with Crippen LogP contribution in [0.15, 0.2) is 4.99 Å². The predicted octanol–water partition coefficient (Wildman–Crippen LogP) is 3.54. The van der Waals surface area contributed by atoms with Crippen molar-refractivity contribution in [3.8, 4) is 0 Å². The number of aromatic nitrogens is 1. The molecule has 0 aromatic carbocycles. The van der Waals surface area contributed by atoms with E-state index in [4.69, 9.17) is 0 Å². The van der Waals surface area contributed by atoms with E-state index in [2.05, 4.69) is 49.9 Å². The molecule has 5 heteroatoms. The molecule has 1 aromatic rings. The summed E-state index contributed by atoms with van der Waals surface area (Å²) in [5.41, 5.74) is 1.14. The number of hydrogen-bond donors (Lipinski definition) is 1. The standard InChI is InChI=1S/C13H21N3S2/c1-7(2)11-6-14-13(18-11)16-9(4)12-8(3)15-10(5)17-12/h7,9,11H,6H2,1-5H3,(H,14,16). The number of aryl methyl sites for hydroxylation is 2. The molecule has 1 aliphatic heterocycles. The number of rotatable bonds is 3. The smallest absolute Gasteiger partial charge is 0.157 e. The van der Waals surface area contributed by atoms with Crippen molar-refractivity contribution < 1.29 is 0 Å². The molecule has 0 amide bonds. The molecule has 1 aromatic heterocycles. The highest BCUT2D eigenvalue weighted by atomic mass is 32.2. The number of thiazole rings is 1. The van der Waals surface area contributed by atoms with Crippen LogP contribution in [0.2, 0.25) is 0 Å². The lowest BCUT2D eigenvalue weighted by molar-refractivity contribution is 0.621. The molecule has 3 nitrogen and oxygen atoms in total. The summed E-state index contributed by atoms with van der Waals surface area (Å²) in [7, 11) is 0. The molecule has 2 unspecified atom stereocenters. The molecule has 18 heavy (non-hydrogen) atoms. The first-order valence-electron chi connectivity index (χ1n) is 6.39. The van der Waals surface area contributed by atoms with Crippen molar-refractivity contribution >= 4 is 28.3 Å². The van der Waals surface area contributed by atoms with Gasteiger partial charge < -0.3 is 5.32 Å². The summed E-state index contributed by atoms with van der Waals surface area (Å²) in [6.07, 6.45) is 0. The molecule has 1 aliphatic rings. The van der Waals surface area contributed by atoms with Gasteiger partial charge in [0.2, 0.25) is 0 Å². The quantitative estimate of drug-likeness (QED) is 0.922. The molecule has 2 heterocycles. The minimum atomic E-state index is 0.299. The zero-order valence-electron chi connectivity index (χ0n) is 11.7. The number of thioether (sulfide) groups is 1. The molecule has 0 spiro atoms. The minimum absolute atomic E-state index is 0.299. The second-order valence-electron chi connectivity index (χ2n) is 5.09. The van der Waals surface area contributed by atoms with Crippen LogP contribution in [0.4, 0.5) is 0 Å². The third-order valence-electron chi connectivity index (χ3n) is 3.09. The van der Waals surface area contributed by atoms with Crippen molar-refractivity contribution in [2.45, 2.75) is 45.9 Å². The Bertz CT molecular complexity index is 451. The van der Waals surface area contributed by atoms with Gasteiger partial charge in [0.05, 0.1) is 23.3 Å². The van der Waals surface area contributed by atoms with Crippen molar-refractivity contribution in [1.29, 1.82) is 0 Å². The van der Waals surface area contributed by atoms with Crippen LogP contribution in [0.3, 0.4) is 0 Å². The Morgan fingerprint density at radius 2 is 2.00 bits per heavy atom. The van der Waals surface area contributed by atoms with Gasteiger partial charge in [-0.05, 0) is 26.7 Å². The van der Waals surface area contributed by atoms with E-state index in [1.54, 1.807) is 11.3 Å². The van der Waals surface area contributed by atoms with Crippen LogP contribution in [0.25, 0.3) is 0 Å². The highest BCUT2D eigenvalue weighted by Gasteiger charge is 2.24. The topological polar surface area (TPSA) is 37.3 Å². The summed E-state index contributed by atoms with van der Waals surface area (Å²) >= 11 is 3.65. The maximum Gasteiger partial charge on any atom is 0.157 e. The van der Waals surface area contributed by atoms with E-state index in [-0.39, 0.29) is 0 Å². The van der Waals surface area contributed by atoms with Crippen molar-refractivity contribution in [2.24, 2.45) is 10.9 Å². The van der Waals surface area contributed by atoms with Gasteiger partial charge >= 0.3 is 0 Å². The zero-order valence-corrected chi connectivity index (χ0v) is 13.3. The third kappa shape index (κ3) is 3.06. The molecule has 1 N–H and O–H groups in total. The third-order valence-corrected chi connectivity index (χ3v) is 5.82. The van der Waals surface area contributed by atoms with E-state index >= 15 is 0 Å². The van der Waals surface area contributed by atoms with Crippen LogP contribution in [0, 0.1) is 19.8 Å². The van der Waals surface area contributed by atoms with Gasteiger partial charge in [-0.15, -0.1) is 11.3 Å². The van der Waals surface area contributed by atoms with Crippen LogP contribution in [0.1, 0.15) is 42.4 Å². The Morgan fingerprint density at radius 1 is 1.28 bits per heavy atom. The zero-order chi connectivity index (χ0) is 13.3. The van der Waals surface area contributed by atoms with Gasteiger partial charge in [0.15, 0.2) is 5.17 Å². The molecule has 0 aliphatic carbocycles. The summed E-state index contributed by atoms with van der Waals surface area (Å²) in [6, 6.07) is 0.299. The number of hydrogen-bond acceptors (Lipinski definition) is 5. The first-order chi connectivity index (χ1) is 8.47. The normalized spacial score (nSPS) is 21.2. The summed E-state index contributed by atoms with van der Waals surface area (Å²) in [5, 5.41) is 6.37. The van der Waals surface area contributed by atoms with Gasteiger partial charge in [-0.2, -0.15) is 0 Å².